The highest BCUT2D eigenvalue weighted by Gasteiger charge is 2.25. The highest BCUT2D eigenvalue weighted by Crippen LogP contribution is 2.35. The summed E-state index contributed by atoms with van der Waals surface area (Å²) in [5.74, 6) is 0.308. The van der Waals surface area contributed by atoms with E-state index in [2.05, 4.69) is 27.4 Å². The first-order valence-corrected chi connectivity index (χ1v) is 11.6. The smallest absolute Gasteiger partial charge is 0.419 e. The van der Waals surface area contributed by atoms with E-state index < -0.39 is 11.7 Å². The largest absolute Gasteiger partial charge is 0.479 e. The molecule has 3 aromatic heterocycles. The number of rotatable bonds is 5. The quantitative estimate of drug-likeness (QED) is 0.315. The Hall–Kier alpha value is -4.46. The van der Waals surface area contributed by atoms with E-state index in [0.717, 1.165) is 22.0 Å². The lowest BCUT2D eigenvalue weighted by Gasteiger charge is -2.21. The lowest BCUT2D eigenvalue weighted by molar-refractivity contribution is 0.0547. The van der Waals surface area contributed by atoms with Gasteiger partial charge in [-0.15, -0.1) is 10.2 Å². The van der Waals surface area contributed by atoms with E-state index in [9.17, 15) is 4.79 Å². The molecule has 0 bridgehead atoms. The van der Waals surface area contributed by atoms with Crippen molar-refractivity contribution in [3.63, 3.8) is 0 Å². The van der Waals surface area contributed by atoms with Crippen LogP contribution in [-0.4, -0.2) is 43.3 Å². The van der Waals surface area contributed by atoms with Gasteiger partial charge in [0.05, 0.1) is 42.3 Å². The SMILES string of the molecule is COc1nnc(-c2cnn(Cc3ccccc3)c2)cc1-c1cc2ccccc2n1C(=O)OC(C)(C)C. The van der Waals surface area contributed by atoms with Gasteiger partial charge in [0.2, 0.25) is 5.88 Å². The molecule has 3 heterocycles. The molecule has 182 valence electrons. The standard InChI is InChI=1S/C28H27N5O3/c1-28(2,3)36-27(34)33-24-13-9-8-12-20(24)14-25(33)22-15-23(30-31-26(22)35-4)21-16-29-32(18-21)17-19-10-6-5-7-11-19/h5-16,18H,17H2,1-4H3. The molecule has 0 aliphatic carbocycles. The predicted molar refractivity (Wildman–Crippen MR) is 138 cm³/mol. The Morgan fingerprint density at radius 1 is 0.972 bits per heavy atom. The van der Waals surface area contributed by atoms with Crippen LogP contribution in [0, 0.1) is 0 Å². The number of hydrogen-bond acceptors (Lipinski definition) is 6. The van der Waals surface area contributed by atoms with Gasteiger partial charge in [-0.25, -0.2) is 9.36 Å². The second kappa shape index (κ2) is 9.30. The van der Waals surface area contributed by atoms with Gasteiger partial charge < -0.3 is 9.47 Å². The monoisotopic (exact) mass is 481 g/mol. The molecule has 5 rings (SSSR count). The van der Waals surface area contributed by atoms with Crippen molar-refractivity contribution in [1.29, 1.82) is 0 Å². The average Bonchev–Trinajstić information content (AvgIpc) is 3.48. The summed E-state index contributed by atoms with van der Waals surface area (Å²) in [4.78, 5) is 13.3. The van der Waals surface area contributed by atoms with Crippen molar-refractivity contribution < 1.29 is 14.3 Å². The topological polar surface area (TPSA) is 84.1 Å². The highest BCUT2D eigenvalue weighted by atomic mass is 16.6. The van der Waals surface area contributed by atoms with E-state index in [-0.39, 0.29) is 0 Å². The summed E-state index contributed by atoms with van der Waals surface area (Å²) in [5.41, 5.74) is 3.89. The molecule has 0 saturated carbocycles. The summed E-state index contributed by atoms with van der Waals surface area (Å²) in [5, 5.41) is 14.1. The van der Waals surface area contributed by atoms with Crippen molar-refractivity contribution in [3.05, 3.63) is 84.7 Å². The molecule has 36 heavy (non-hydrogen) atoms. The van der Waals surface area contributed by atoms with Crippen molar-refractivity contribution >= 4 is 17.0 Å². The van der Waals surface area contributed by atoms with Gasteiger partial charge in [0.1, 0.15) is 5.60 Å². The minimum absolute atomic E-state index is 0.308. The molecular formula is C28H27N5O3. The Labute approximate surface area is 209 Å². The molecule has 2 aromatic carbocycles. The molecule has 0 fully saturated rings. The van der Waals surface area contributed by atoms with Crippen molar-refractivity contribution in [2.24, 2.45) is 0 Å². The fourth-order valence-corrected chi connectivity index (χ4v) is 4.07. The number of benzene rings is 2. The van der Waals surface area contributed by atoms with Gasteiger partial charge in [-0.2, -0.15) is 5.10 Å². The van der Waals surface area contributed by atoms with Crippen LogP contribution in [0.1, 0.15) is 26.3 Å². The molecule has 8 heteroatoms. The molecule has 0 atom stereocenters. The van der Waals surface area contributed by atoms with Crippen LogP contribution in [0.4, 0.5) is 4.79 Å². The summed E-state index contributed by atoms with van der Waals surface area (Å²) in [7, 11) is 1.53. The van der Waals surface area contributed by atoms with Gasteiger partial charge in [0, 0.05) is 17.1 Å². The molecule has 0 aliphatic rings. The van der Waals surface area contributed by atoms with Crippen LogP contribution in [0.3, 0.4) is 0 Å². The van der Waals surface area contributed by atoms with Crippen LogP contribution >= 0.6 is 0 Å². The van der Waals surface area contributed by atoms with Crippen LogP contribution < -0.4 is 4.74 Å². The third-order valence-electron chi connectivity index (χ3n) is 5.63. The number of hydrogen-bond donors (Lipinski definition) is 0. The van der Waals surface area contributed by atoms with Crippen molar-refractivity contribution in [2.45, 2.75) is 32.9 Å². The van der Waals surface area contributed by atoms with E-state index in [1.165, 1.54) is 7.11 Å². The number of carbonyl (C=O) groups excluding carboxylic acids is 1. The number of carbonyl (C=O) groups is 1. The Morgan fingerprint density at radius 2 is 1.72 bits per heavy atom. The lowest BCUT2D eigenvalue weighted by atomic mass is 10.1. The second-order valence-electron chi connectivity index (χ2n) is 9.47. The number of aromatic nitrogens is 5. The van der Waals surface area contributed by atoms with Crippen LogP contribution in [0.5, 0.6) is 5.88 Å². The number of fused-ring (bicyclic) bond motifs is 1. The third-order valence-corrected chi connectivity index (χ3v) is 5.63. The first-order chi connectivity index (χ1) is 17.3. The van der Waals surface area contributed by atoms with E-state index in [4.69, 9.17) is 9.47 Å². The molecule has 5 aromatic rings. The zero-order chi connectivity index (χ0) is 25.3. The van der Waals surface area contributed by atoms with E-state index in [1.54, 1.807) is 10.8 Å². The maximum atomic E-state index is 13.3. The summed E-state index contributed by atoms with van der Waals surface area (Å²) < 4.78 is 14.7. The maximum Gasteiger partial charge on any atom is 0.419 e. The molecule has 0 amide bonds. The van der Waals surface area contributed by atoms with Gasteiger partial charge in [0.15, 0.2) is 0 Å². The van der Waals surface area contributed by atoms with E-state index >= 15 is 0 Å². The Kier molecular flexibility index (Phi) is 6.01. The average molecular weight is 482 g/mol. The predicted octanol–water partition coefficient (Wildman–Crippen LogP) is 5.80. The molecule has 8 nitrogen and oxygen atoms in total. The molecule has 0 spiro atoms. The summed E-state index contributed by atoms with van der Waals surface area (Å²) in [6, 6.07) is 21.6. The fraction of sp³-hybridized carbons (Fsp3) is 0.214. The second-order valence-corrected chi connectivity index (χ2v) is 9.47. The fourth-order valence-electron chi connectivity index (χ4n) is 4.07. The maximum absolute atomic E-state index is 13.3. The summed E-state index contributed by atoms with van der Waals surface area (Å²) >= 11 is 0. The van der Waals surface area contributed by atoms with Crippen molar-refractivity contribution in [2.75, 3.05) is 7.11 Å². The van der Waals surface area contributed by atoms with Gasteiger partial charge in [0.25, 0.3) is 0 Å². The zero-order valence-electron chi connectivity index (χ0n) is 20.7. The summed E-state index contributed by atoms with van der Waals surface area (Å²) in [6.45, 7) is 6.17. The Balaban J connectivity index is 1.59. The minimum Gasteiger partial charge on any atom is -0.479 e. The normalized spacial score (nSPS) is 11.6. The zero-order valence-corrected chi connectivity index (χ0v) is 20.7. The van der Waals surface area contributed by atoms with Gasteiger partial charge in [-0.05, 0) is 44.5 Å². The molecule has 0 aliphatic heterocycles. The number of nitrogens with zero attached hydrogens (tertiary/aromatic N) is 5. The minimum atomic E-state index is -0.654. The molecular weight excluding hydrogens is 454 g/mol. The van der Waals surface area contributed by atoms with Crippen LogP contribution in [0.15, 0.2) is 79.1 Å². The Bertz CT molecular complexity index is 1530. The van der Waals surface area contributed by atoms with Crippen molar-refractivity contribution in [3.8, 4) is 28.4 Å². The van der Waals surface area contributed by atoms with E-state index in [0.29, 0.717) is 29.4 Å². The first-order valence-electron chi connectivity index (χ1n) is 11.6. The van der Waals surface area contributed by atoms with Crippen LogP contribution in [-0.2, 0) is 11.3 Å². The third kappa shape index (κ3) is 4.70. The highest BCUT2D eigenvalue weighted by molar-refractivity contribution is 5.97. The summed E-state index contributed by atoms with van der Waals surface area (Å²) in [6.07, 6.45) is 3.21. The van der Waals surface area contributed by atoms with Gasteiger partial charge in [-0.1, -0.05) is 48.5 Å². The molecule has 0 radical (unpaired) electrons. The number of methoxy groups -OCH3 is 1. The molecule has 0 unspecified atom stereocenters. The molecule has 0 saturated heterocycles. The number of ether oxygens (including phenoxy) is 2. The Morgan fingerprint density at radius 3 is 2.47 bits per heavy atom. The lowest BCUT2D eigenvalue weighted by Crippen LogP contribution is -2.27. The van der Waals surface area contributed by atoms with Gasteiger partial charge >= 0.3 is 6.09 Å². The first kappa shape index (κ1) is 23.3. The van der Waals surface area contributed by atoms with Crippen molar-refractivity contribution in [1.82, 2.24) is 24.5 Å². The van der Waals surface area contributed by atoms with Crippen LogP contribution in [0.25, 0.3) is 33.4 Å². The van der Waals surface area contributed by atoms with Crippen LogP contribution in [0.2, 0.25) is 0 Å². The number of para-hydroxylation sites is 1. The van der Waals surface area contributed by atoms with E-state index in [1.807, 2.05) is 86.2 Å². The molecule has 0 N–H and O–H groups in total. The van der Waals surface area contributed by atoms with Gasteiger partial charge in [-0.3, -0.25) is 4.68 Å².